The van der Waals surface area contributed by atoms with E-state index in [2.05, 4.69) is 5.32 Å². The molecule has 0 heterocycles. The van der Waals surface area contributed by atoms with Crippen molar-refractivity contribution in [2.75, 3.05) is 27.2 Å². The summed E-state index contributed by atoms with van der Waals surface area (Å²) in [5.74, 6) is -0.0191. The number of carbonyl (C=O) groups excluding carboxylic acids is 1. The van der Waals surface area contributed by atoms with Gasteiger partial charge in [-0.25, -0.2) is 4.39 Å². The molecule has 0 aliphatic heterocycles. The SMILES string of the molecule is CNCCCC(=O)N(C)CCc1ccc(F)c(C)c1. The van der Waals surface area contributed by atoms with Crippen LogP contribution in [0.1, 0.15) is 24.0 Å². The molecule has 0 aliphatic carbocycles. The van der Waals surface area contributed by atoms with E-state index in [1.54, 1.807) is 17.9 Å². The standard InChI is InChI=1S/C15H23FN2O/c1-12-11-13(6-7-14(12)16)8-10-18(3)15(19)5-4-9-17-2/h6-7,11,17H,4-5,8-10H2,1-3H3. The number of nitrogens with one attached hydrogen (secondary N) is 1. The Kier molecular flexibility index (Phi) is 6.50. The second kappa shape index (κ2) is 7.89. The number of nitrogens with zero attached hydrogens (tertiary/aromatic N) is 1. The molecule has 0 spiro atoms. The van der Waals surface area contributed by atoms with E-state index in [-0.39, 0.29) is 11.7 Å². The molecule has 1 rings (SSSR count). The van der Waals surface area contributed by atoms with Crippen LogP contribution in [0.4, 0.5) is 4.39 Å². The molecule has 0 aliphatic rings. The second-order valence-electron chi connectivity index (χ2n) is 4.86. The Morgan fingerprint density at radius 3 is 2.79 bits per heavy atom. The van der Waals surface area contributed by atoms with E-state index in [9.17, 15) is 9.18 Å². The molecule has 0 atom stereocenters. The highest BCUT2D eigenvalue weighted by molar-refractivity contribution is 5.75. The van der Waals surface area contributed by atoms with Crippen LogP contribution < -0.4 is 5.32 Å². The van der Waals surface area contributed by atoms with E-state index < -0.39 is 0 Å². The lowest BCUT2D eigenvalue weighted by atomic mass is 10.1. The number of likely N-dealkylation sites (N-methyl/N-ethyl adjacent to an activating group) is 1. The highest BCUT2D eigenvalue weighted by Gasteiger charge is 2.08. The third-order valence-corrected chi connectivity index (χ3v) is 3.20. The Morgan fingerprint density at radius 1 is 1.42 bits per heavy atom. The summed E-state index contributed by atoms with van der Waals surface area (Å²) < 4.78 is 13.1. The van der Waals surface area contributed by atoms with Gasteiger partial charge in [-0.1, -0.05) is 12.1 Å². The third kappa shape index (κ3) is 5.39. The first-order chi connectivity index (χ1) is 9.04. The van der Waals surface area contributed by atoms with E-state index in [1.165, 1.54) is 6.07 Å². The molecule has 0 aromatic heterocycles. The van der Waals surface area contributed by atoms with Crippen LogP contribution in [0.15, 0.2) is 18.2 Å². The Balaban J connectivity index is 2.38. The monoisotopic (exact) mass is 266 g/mol. The minimum absolute atomic E-state index is 0.161. The molecule has 4 heteroatoms. The van der Waals surface area contributed by atoms with Crippen molar-refractivity contribution >= 4 is 5.91 Å². The highest BCUT2D eigenvalue weighted by atomic mass is 19.1. The molecule has 1 aromatic rings. The number of aryl methyl sites for hydroxylation is 1. The van der Waals surface area contributed by atoms with Crippen LogP contribution in [0.2, 0.25) is 0 Å². The van der Waals surface area contributed by atoms with Crippen molar-refractivity contribution in [3.8, 4) is 0 Å². The first kappa shape index (κ1) is 15.6. The van der Waals surface area contributed by atoms with Crippen molar-refractivity contribution in [1.29, 1.82) is 0 Å². The Labute approximate surface area is 114 Å². The Hall–Kier alpha value is -1.42. The van der Waals surface area contributed by atoms with Gasteiger partial charge in [0.1, 0.15) is 5.82 Å². The lowest BCUT2D eigenvalue weighted by Crippen LogP contribution is -2.29. The highest BCUT2D eigenvalue weighted by Crippen LogP contribution is 2.10. The van der Waals surface area contributed by atoms with E-state index in [1.807, 2.05) is 20.2 Å². The van der Waals surface area contributed by atoms with Gasteiger partial charge in [0.25, 0.3) is 0 Å². The van der Waals surface area contributed by atoms with Gasteiger partial charge in [0.05, 0.1) is 0 Å². The predicted molar refractivity (Wildman–Crippen MR) is 75.6 cm³/mol. The Bertz CT molecular complexity index is 421. The third-order valence-electron chi connectivity index (χ3n) is 3.20. The van der Waals surface area contributed by atoms with Crippen LogP contribution in [0.5, 0.6) is 0 Å². The molecule has 0 bridgehead atoms. The van der Waals surface area contributed by atoms with E-state index in [0.29, 0.717) is 18.5 Å². The summed E-state index contributed by atoms with van der Waals surface area (Å²) in [6, 6.07) is 5.11. The smallest absolute Gasteiger partial charge is 0.222 e. The van der Waals surface area contributed by atoms with Crippen LogP contribution >= 0.6 is 0 Å². The maximum absolute atomic E-state index is 13.1. The molecule has 3 nitrogen and oxygen atoms in total. The van der Waals surface area contributed by atoms with Crippen molar-refractivity contribution in [3.63, 3.8) is 0 Å². The quantitative estimate of drug-likeness (QED) is 0.767. The number of benzene rings is 1. The zero-order valence-electron chi connectivity index (χ0n) is 12.0. The van der Waals surface area contributed by atoms with Gasteiger partial charge in [0.2, 0.25) is 5.91 Å². The molecule has 19 heavy (non-hydrogen) atoms. The maximum Gasteiger partial charge on any atom is 0.222 e. The normalized spacial score (nSPS) is 10.5. The summed E-state index contributed by atoms with van der Waals surface area (Å²) in [7, 11) is 3.70. The summed E-state index contributed by atoms with van der Waals surface area (Å²) in [6.07, 6.45) is 2.19. The number of halogens is 1. The molecule has 0 fully saturated rings. The molecule has 0 saturated carbocycles. The molecule has 0 radical (unpaired) electrons. The summed E-state index contributed by atoms with van der Waals surface area (Å²) >= 11 is 0. The number of carbonyl (C=O) groups is 1. The van der Waals surface area contributed by atoms with Crippen molar-refractivity contribution < 1.29 is 9.18 Å². The maximum atomic E-state index is 13.1. The Morgan fingerprint density at radius 2 is 2.16 bits per heavy atom. The number of hydrogen-bond acceptors (Lipinski definition) is 2. The molecule has 0 unspecified atom stereocenters. The largest absolute Gasteiger partial charge is 0.345 e. The van der Waals surface area contributed by atoms with Crippen molar-refractivity contribution in [1.82, 2.24) is 10.2 Å². The number of hydrogen-bond donors (Lipinski definition) is 1. The molecule has 1 amide bonds. The molecule has 0 saturated heterocycles. The second-order valence-corrected chi connectivity index (χ2v) is 4.86. The van der Waals surface area contributed by atoms with Gasteiger partial charge < -0.3 is 10.2 Å². The lowest BCUT2D eigenvalue weighted by Gasteiger charge is -2.17. The van der Waals surface area contributed by atoms with E-state index in [4.69, 9.17) is 0 Å². The van der Waals surface area contributed by atoms with Gasteiger partial charge in [-0.3, -0.25) is 4.79 Å². The topological polar surface area (TPSA) is 32.3 Å². The minimum Gasteiger partial charge on any atom is -0.345 e. The summed E-state index contributed by atoms with van der Waals surface area (Å²) in [5, 5.41) is 3.03. The van der Waals surface area contributed by atoms with E-state index >= 15 is 0 Å². The van der Waals surface area contributed by atoms with Crippen molar-refractivity contribution in [2.45, 2.75) is 26.2 Å². The zero-order valence-corrected chi connectivity index (χ0v) is 12.0. The first-order valence-electron chi connectivity index (χ1n) is 6.68. The summed E-state index contributed by atoms with van der Waals surface area (Å²) in [6.45, 7) is 3.28. The van der Waals surface area contributed by atoms with E-state index in [0.717, 1.165) is 24.9 Å². The van der Waals surface area contributed by atoms with Crippen molar-refractivity contribution in [2.24, 2.45) is 0 Å². The van der Waals surface area contributed by atoms with Gasteiger partial charge in [-0.05, 0) is 50.6 Å². The predicted octanol–water partition coefficient (Wildman–Crippen LogP) is 2.13. The van der Waals surface area contributed by atoms with Crippen LogP contribution in [0, 0.1) is 12.7 Å². The van der Waals surface area contributed by atoms with Crippen LogP contribution in [0.3, 0.4) is 0 Å². The fourth-order valence-electron chi connectivity index (χ4n) is 1.89. The number of amides is 1. The van der Waals surface area contributed by atoms with Crippen LogP contribution in [0.25, 0.3) is 0 Å². The molecule has 1 aromatic carbocycles. The van der Waals surface area contributed by atoms with Gasteiger partial charge in [0.15, 0.2) is 0 Å². The van der Waals surface area contributed by atoms with Crippen LogP contribution in [-0.2, 0) is 11.2 Å². The van der Waals surface area contributed by atoms with Gasteiger partial charge in [-0.15, -0.1) is 0 Å². The number of rotatable bonds is 7. The van der Waals surface area contributed by atoms with Gasteiger partial charge in [0, 0.05) is 20.0 Å². The fraction of sp³-hybridized carbons (Fsp3) is 0.533. The fourth-order valence-corrected chi connectivity index (χ4v) is 1.89. The van der Waals surface area contributed by atoms with Gasteiger partial charge in [-0.2, -0.15) is 0 Å². The summed E-state index contributed by atoms with van der Waals surface area (Å²) in [5.41, 5.74) is 1.72. The first-order valence-corrected chi connectivity index (χ1v) is 6.68. The molecular formula is C15H23FN2O. The average molecular weight is 266 g/mol. The molecular weight excluding hydrogens is 243 g/mol. The van der Waals surface area contributed by atoms with Crippen LogP contribution in [-0.4, -0.2) is 38.0 Å². The summed E-state index contributed by atoms with van der Waals surface area (Å²) in [4.78, 5) is 13.5. The zero-order chi connectivity index (χ0) is 14.3. The average Bonchev–Trinajstić information content (AvgIpc) is 2.40. The van der Waals surface area contributed by atoms with Gasteiger partial charge >= 0.3 is 0 Å². The minimum atomic E-state index is -0.180. The molecule has 1 N–H and O–H groups in total. The van der Waals surface area contributed by atoms with Crippen molar-refractivity contribution in [3.05, 3.63) is 35.1 Å². The lowest BCUT2D eigenvalue weighted by molar-refractivity contribution is -0.129. The molecule has 106 valence electrons.